The molecule has 0 fully saturated rings. The molecule has 0 amide bonds. The second-order valence-corrected chi connectivity index (χ2v) is 4.99. The Labute approximate surface area is 105 Å². The van der Waals surface area contributed by atoms with Crippen LogP contribution in [0.15, 0.2) is 24.4 Å². The number of rotatable bonds is 7. The minimum absolute atomic E-state index is 0.213. The minimum Gasteiger partial charge on any atom is -0.330 e. The van der Waals surface area contributed by atoms with E-state index in [9.17, 15) is 0 Å². The first-order valence-corrected chi connectivity index (χ1v) is 6.46. The quantitative estimate of drug-likeness (QED) is 0.788. The highest BCUT2D eigenvalue weighted by molar-refractivity contribution is 5.03. The summed E-state index contributed by atoms with van der Waals surface area (Å²) in [5.74, 6) is 0. The van der Waals surface area contributed by atoms with Crippen LogP contribution in [0, 0.1) is 5.41 Å². The van der Waals surface area contributed by atoms with Gasteiger partial charge >= 0.3 is 0 Å². The van der Waals surface area contributed by atoms with Crippen molar-refractivity contribution < 1.29 is 0 Å². The molecule has 1 aromatic rings. The van der Waals surface area contributed by atoms with Crippen LogP contribution in [0.2, 0.25) is 0 Å². The maximum absolute atomic E-state index is 5.87. The molecular weight excluding hydrogens is 210 g/mol. The van der Waals surface area contributed by atoms with Crippen molar-refractivity contribution in [1.82, 2.24) is 9.88 Å². The molecule has 2 N–H and O–H groups in total. The Morgan fingerprint density at radius 3 is 2.59 bits per heavy atom. The van der Waals surface area contributed by atoms with E-state index in [1.165, 1.54) is 0 Å². The third-order valence-electron chi connectivity index (χ3n) is 3.51. The summed E-state index contributed by atoms with van der Waals surface area (Å²) in [6.07, 6.45) is 2.97. The maximum Gasteiger partial charge on any atom is 0.0543 e. The average molecular weight is 235 g/mol. The largest absolute Gasteiger partial charge is 0.330 e. The van der Waals surface area contributed by atoms with E-state index in [0.717, 1.165) is 38.3 Å². The second kappa shape index (κ2) is 6.72. The van der Waals surface area contributed by atoms with Crippen molar-refractivity contribution in [3.63, 3.8) is 0 Å². The smallest absolute Gasteiger partial charge is 0.0543 e. The second-order valence-electron chi connectivity index (χ2n) is 4.99. The van der Waals surface area contributed by atoms with Gasteiger partial charge in [0.1, 0.15) is 0 Å². The fourth-order valence-corrected chi connectivity index (χ4v) is 1.86. The zero-order valence-corrected chi connectivity index (χ0v) is 11.3. The summed E-state index contributed by atoms with van der Waals surface area (Å²) in [4.78, 5) is 6.79. The van der Waals surface area contributed by atoms with Crippen molar-refractivity contribution in [1.29, 1.82) is 0 Å². The number of hydrogen-bond donors (Lipinski definition) is 1. The molecule has 0 aliphatic heterocycles. The predicted molar refractivity (Wildman–Crippen MR) is 72.6 cm³/mol. The van der Waals surface area contributed by atoms with Crippen molar-refractivity contribution in [3.8, 4) is 0 Å². The highest BCUT2D eigenvalue weighted by atomic mass is 15.1. The number of nitrogens with zero attached hydrogens (tertiary/aromatic N) is 2. The summed E-state index contributed by atoms with van der Waals surface area (Å²) in [5.41, 5.74) is 7.21. The van der Waals surface area contributed by atoms with Gasteiger partial charge < -0.3 is 5.73 Å². The van der Waals surface area contributed by atoms with Gasteiger partial charge in [-0.25, -0.2) is 0 Å². The van der Waals surface area contributed by atoms with Crippen LogP contribution in [0.5, 0.6) is 0 Å². The van der Waals surface area contributed by atoms with Crippen molar-refractivity contribution in [2.45, 2.75) is 33.7 Å². The first-order chi connectivity index (χ1) is 8.13. The van der Waals surface area contributed by atoms with Crippen LogP contribution in [0.4, 0.5) is 0 Å². The standard InChI is InChI=1S/C14H25N3/c1-4-14(3,11-15)12-17(5-2)10-13-8-6-7-9-16-13/h6-9H,4-5,10-12,15H2,1-3H3. The molecule has 1 aromatic heterocycles. The summed E-state index contributed by atoms with van der Waals surface area (Å²) in [6.45, 7) is 10.4. The van der Waals surface area contributed by atoms with Gasteiger partial charge in [0.05, 0.1) is 5.69 Å². The van der Waals surface area contributed by atoms with Gasteiger partial charge in [0.2, 0.25) is 0 Å². The Kier molecular flexibility index (Phi) is 5.59. The summed E-state index contributed by atoms with van der Waals surface area (Å²) in [6, 6.07) is 6.07. The first kappa shape index (κ1) is 14.1. The fourth-order valence-electron chi connectivity index (χ4n) is 1.86. The molecule has 0 aromatic carbocycles. The Bertz CT molecular complexity index is 307. The number of aromatic nitrogens is 1. The van der Waals surface area contributed by atoms with E-state index in [2.05, 4.69) is 36.7 Å². The Balaban J connectivity index is 2.60. The zero-order valence-electron chi connectivity index (χ0n) is 11.3. The van der Waals surface area contributed by atoms with Crippen molar-refractivity contribution in [2.75, 3.05) is 19.6 Å². The van der Waals surface area contributed by atoms with E-state index in [0.29, 0.717) is 0 Å². The van der Waals surface area contributed by atoms with Gasteiger partial charge in [0.25, 0.3) is 0 Å². The molecule has 3 nitrogen and oxygen atoms in total. The van der Waals surface area contributed by atoms with Crippen molar-refractivity contribution >= 4 is 0 Å². The molecule has 17 heavy (non-hydrogen) atoms. The van der Waals surface area contributed by atoms with Gasteiger partial charge in [0.15, 0.2) is 0 Å². The molecular formula is C14H25N3. The van der Waals surface area contributed by atoms with Gasteiger partial charge in [-0.05, 0) is 37.1 Å². The molecule has 0 aliphatic carbocycles. The van der Waals surface area contributed by atoms with Crippen LogP contribution in [0.1, 0.15) is 32.9 Å². The van der Waals surface area contributed by atoms with Crippen molar-refractivity contribution in [3.05, 3.63) is 30.1 Å². The van der Waals surface area contributed by atoms with E-state index in [1.54, 1.807) is 0 Å². The van der Waals surface area contributed by atoms with E-state index < -0.39 is 0 Å². The summed E-state index contributed by atoms with van der Waals surface area (Å²) in [7, 11) is 0. The first-order valence-electron chi connectivity index (χ1n) is 6.46. The molecule has 0 bridgehead atoms. The topological polar surface area (TPSA) is 42.2 Å². The fraction of sp³-hybridized carbons (Fsp3) is 0.643. The minimum atomic E-state index is 0.213. The maximum atomic E-state index is 5.87. The van der Waals surface area contributed by atoms with Gasteiger partial charge in [0, 0.05) is 19.3 Å². The Morgan fingerprint density at radius 1 is 1.35 bits per heavy atom. The van der Waals surface area contributed by atoms with Gasteiger partial charge in [-0.2, -0.15) is 0 Å². The van der Waals surface area contributed by atoms with E-state index in [1.807, 2.05) is 18.3 Å². The average Bonchev–Trinajstić information content (AvgIpc) is 2.39. The van der Waals surface area contributed by atoms with Crippen LogP contribution < -0.4 is 5.73 Å². The summed E-state index contributed by atoms with van der Waals surface area (Å²) >= 11 is 0. The van der Waals surface area contributed by atoms with Gasteiger partial charge in [-0.3, -0.25) is 9.88 Å². The lowest BCUT2D eigenvalue weighted by Gasteiger charge is -2.33. The molecule has 0 aliphatic rings. The van der Waals surface area contributed by atoms with Crippen LogP contribution in [-0.4, -0.2) is 29.5 Å². The molecule has 1 atom stereocenters. The molecule has 0 saturated heterocycles. The Hall–Kier alpha value is -0.930. The lowest BCUT2D eigenvalue weighted by molar-refractivity contribution is 0.162. The predicted octanol–water partition coefficient (Wildman–Crippen LogP) is 2.28. The normalized spacial score (nSPS) is 14.9. The van der Waals surface area contributed by atoms with E-state index in [-0.39, 0.29) is 5.41 Å². The Morgan fingerprint density at radius 2 is 2.12 bits per heavy atom. The monoisotopic (exact) mass is 235 g/mol. The lowest BCUT2D eigenvalue weighted by atomic mass is 9.87. The molecule has 0 radical (unpaired) electrons. The molecule has 96 valence electrons. The zero-order chi connectivity index (χ0) is 12.7. The SMILES string of the molecule is CCN(Cc1ccccn1)CC(C)(CC)CN. The lowest BCUT2D eigenvalue weighted by Crippen LogP contribution is -2.40. The molecule has 0 saturated carbocycles. The van der Waals surface area contributed by atoms with Crippen LogP contribution >= 0.6 is 0 Å². The summed E-state index contributed by atoms with van der Waals surface area (Å²) < 4.78 is 0. The number of pyridine rings is 1. The molecule has 1 unspecified atom stereocenters. The summed E-state index contributed by atoms with van der Waals surface area (Å²) in [5, 5.41) is 0. The van der Waals surface area contributed by atoms with Crippen LogP contribution in [-0.2, 0) is 6.54 Å². The number of nitrogens with two attached hydrogens (primary N) is 1. The third kappa shape index (κ3) is 4.44. The number of hydrogen-bond acceptors (Lipinski definition) is 3. The highest BCUT2D eigenvalue weighted by Crippen LogP contribution is 2.21. The molecule has 0 spiro atoms. The van der Waals surface area contributed by atoms with E-state index >= 15 is 0 Å². The highest BCUT2D eigenvalue weighted by Gasteiger charge is 2.23. The van der Waals surface area contributed by atoms with Crippen LogP contribution in [0.25, 0.3) is 0 Å². The van der Waals surface area contributed by atoms with Crippen LogP contribution in [0.3, 0.4) is 0 Å². The molecule has 3 heteroatoms. The molecule has 1 heterocycles. The third-order valence-corrected chi connectivity index (χ3v) is 3.51. The van der Waals surface area contributed by atoms with Gasteiger partial charge in [-0.1, -0.05) is 26.8 Å². The molecule has 1 rings (SSSR count). The van der Waals surface area contributed by atoms with E-state index in [4.69, 9.17) is 5.73 Å². The van der Waals surface area contributed by atoms with Gasteiger partial charge in [-0.15, -0.1) is 0 Å². The van der Waals surface area contributed by atoms with Crippen molar-refractivity contribution in [2.24, 2.45) is 11.1 Å².